The Labute approximate surface area is 202 Å². The van der Waals surface area contributed by atoms with Gasteiger partial charge in [-0.3, -0.25) is 14.7 Å². The van der Waals surface area contributed by atoms with Crippen molar-refractivity contribution in [3.63, 3.8) is 0 Å². The van der Waals surface area contributed by atoms with Crippen molar-refractivity contribution in [1.82, 2.24) is 19.7 Å². The highest BCUT2D eigenvalue weighted by Crippen LogP contribution is 2.40. The molecular weight excluding hydrogens is 444 g/mol. The predicted molar refractivity (Wildman–Crippen MR) is 131 cm³/mol. The van der Waals surface area contributed by atoms with Crippen molar-refractivity contribution in [3.05, 3.63) is 106 Å². The van der Waals surface area contributed by atoms with Crippen LogP contribution in [-0.2, 0) is 4.74 Å². The number of nitrogens with zero attached hydrogens (tertiary/aromatic N) is 3. The maximum absolute atomic E-state index is 13.5. The van der Waals surface area contributed by atoms with Gasteiger partial charge in [-0.2, -0.15) is 5.10 Å². The fraction of sp³-hybridized carbons (Fsp3) is 0.222. The lowest BCUT2D eigenvalue weighted by atomic mass is 9.83. The molecule has 178 valence electrons. The third-order valence-corrected chi connectivity index (χ3v) is 6.54. The first-order valence-electron chi connectivity index (χ1n) is 11.5. The molecular formula is C27H26N4O4. The average molecular weight is 471 g/mol. The number of hydrogen-bond donors (Lipinski definition) is 2. The first-order chi connectivity index (χ1) is 17.1. The van der Waals surface area contributed by atoms with E-state index in [2.05, 4.69) is 34.5 Å². The highest BCUT2D eigenvalue weighted by molar-refractivity contribution is 5.96. The van der Waals surface area contributed by atoms with Crippen molar-refractivity contribution >= 4 is 5.91 Å². The Morgan fingerprint density at radius 3 is 2.31 bits per heavy atom. The molecule has 2 N–H and O–H groups in total. The van der Waals surface area contributed by atoms with Crippen LogP contribution in [0.3, 0.4) is 0 Å². The number of ether oxygens (including phenoxy) is 1. The van der Waals surface area contributed by atoms with Crippen molar-refractivity contribution in [2.24, 2.45) is 0 Å². The SMILES string of the molecule is COCCN1C[C@H](C(c2ccccc2)c2ccccc2)n2cc(-c3cn[nH]c3)c(=O)c(O)c2C1=O. The summed E-state index contributed by atoms with van der Waals surface area (Å²) in [4.78, 5) is 28.2. The van der Waals surface area contributed by atoms with Gasteiger partial charge < -0.3 is 19.3 Å². The summed E-state index contributed by atoms with van der Waals surface area (Å²) in [6.45, 7) is 1.08. The molecule has 1 atom stereocenters. The second-order valence-electron chi connectivity index (χ2n) is 8.57. The van der Waals surface area contributed by atoms with Crippen molar-refractivity contribution in [2.75, 3.05) is 26.8 Å². The van der Waals surface area contributed by atoms with E-state index in [1.54, 1.807) is 29.0 Å². The molecule has 1 amide bonds. The summed E-state index contributed by atoms with van der Waals surface area (Å²) in [6.07, 6.45) is 4.80. The maximum Gasteiger partial charge on any atom is 0.274 e. The lowest BCUT2D eigenvalue weighted by molar-refractivity contribution is 0.0583. The molecule has 4 aromatic rings. The van der Waals surface area contributed by atoms with Gasteiger partial charge in [-0.05, 0) is 11.1 Å². The lowest BCUT2D eigenvalue weighted by Crippen LogP contribution is -2.47. The van der Waals surface area contributed by atoms with Gasteiger partial charge in [0.2, 0.25) is 5.43 Å². The number of hydrogen-bond acceptors (Lipinski definition) is 5. The number of methoxy groups -OCH3 is 1. The second-order valence-corrected chi connectivity index (χ2v) is 8.57. The molecule has 8 nitrogen and oxygen atoms in total. The number of rotatable bonds is 7. The average Bonchev–Trinajstić information content (AvgIpc) is 3.42. The summed E-state index contributed by atoms with van der Waals surface area (Å²) < 4.78 is 7.01. The zero-order valence-corrected chi connectivity index (χ0v) is 19.3. The minimum atomic E-state index is -0.602. The number of fused-ring (bicyclic) bond motifs is 1. The summed E-state index contributed by atoms with van der Waals surface area (Å²) in [5.41, 5.74) is 2.35. The van der Waals surface area contributed by atoms with Crippen molar-refractivity contribution in [3.8, 4) is 16.9 Å². The predicted octanol–water partition coefficient (Wildman–Crippen LogP) is 3.42. The summed E-state index contributed by atoms with van der Waals surface area (Å²) >= 11 is 0. The van der Waals surface area contributed by atoms with Gasteiger partial charge in [-0.1, -0.05) is 60.7 Å². The molecule has 0 aliphatic carbocycles. The van der Waals surface area contributed by atoms with Crippen LogP contribution in [0.2, 0.25) is 0 Å². The molecule has 0 saturated carbocycles. The number of carbonyl (C=O) groups excluding carboxylic acids is 1. The smallest absolute Gasteiger partial charge is 0.274 e. The van der Waals surface area contributed by atoms with Crippen LogP contribution in [0.25, 0.3) is 11.1 Å². The summed E-state index contributed by atoms with van der Waals surface area (Å²) in [7, 11) is 1.58. The summed E-state index contributed by atoms with van der Waals surface area (Å²) in [6, 6.07) is 19.8. The molecule has 3 heterocycles. The minimum absolute atomic E-state index is 0.00791. The fourth-order valence-electron chi connectivity index (χ4n) is 4.86. The Kier molecular flexibility index (Phi) is 6.20. The number of nitrogens with one attached hydrogen (secondary N) is 1. The third-order valence-electron chi connectivity index (χ3n) is 6.54. The second kappa shape index (κ2) is 9.60. The molecule has 0 spiro atoms. The molecule has 2 aromatic carbocycles. The van der Waals surface area contributed by atoms with Gasteiger partial charge in [0, 0.05) is 44.1 Å². The number of aromatic amines is 1. The molecule has 0 bridgehead atoms. The van der Waals surface area contributed by atoms with Gasteiger partial charge in [0.15, 0.2) is 11.4 Å². The molecule has 5 rings (SSSR count). The van der Waals surface area contributed by atoms with E-state index in [9.17, 15) is 14.7 Å². The molecule has 2 aromatic heterocycles. The normalized spacial score (nSPS) is 15.4. The quantitative estimate of drug-likeness (QED) is 0.431. The van der Waals surface area contributed by atoms with Gasteiger partial charge in [-0.15, -0.1) is 0 Å². The Morgan fingerprint density at radius 1 is 1.09 bits per heavy atom. The van der Waals surface area contributed by atoms with E-state index in [1.807, 2.05) is 36.4 Å². The van der Waals surface area contributed by atoms with Crippen LogP contribution in [-0.4, -0.2) is 57.5 Å². The van der Waals surface area contributed by atoms with E-state index >= 15 is 0 Å². The van der Waals surface area contributed by atoms with Crippen LogP contribution < -0.4 is 5.43 Å². The monoisotopic (exact) mass is 470 g/mol. The van der Waals surface area contributed by atoms with E-state index in [4.69, 9.17) is 4.74 Å². The highest BCUT2D eigenvalue weighted by atomic mass is 16.5. The first kappa shape index (κ1) is 22.6. The topological polar surface area (TPSA) is 100 Å². The summed E-state index contributed by atoms with van der Waals surface area (Å²) in [5, 5.41) is 17.7. The number of pyridine rings is 1. The number of aromatic hydroxyl groups is 1. The van der Waals surface area contributed by atoms with Crippen LogP contribution in [0.4, 0.5) is 0 Å². The molecule has 1 aliphatic rings. The van der Waals surface area contributed by atoms with Crippen LogP contribution in [0, 0.1) is 0 Å². The molecule has 0 fully saturated rings. The minimum Gasteiger partial charge on any atom is -0.503 e. The van der Waals surface area contributed by atoms with Crippen LogP contribution >= 0.6 is 0 Å². The number of carbonyl (C=O) groups is 1. The number of aromatic nitrogens is 3. The first-order valence-corrected chi connectivity index (χ1v) is 11.5. The lowest BCUT2D eigenvalue weighted by Gasteiger charge is -2.40. The van der Waals surface area contributed by atoms with Gasteiger partial charge in [0.05, 0.1) is 24.4 Å². The van der Waals surface area contributed by atoms with E-state index in [0.29, 0.717) is 25.3 Å². The Bertz CT molecular complexity index is 1330. The van der Waals surface area contributed by atoms with E-state index < -0.39 is 17.1 Å². The van der Waals surface area contributed by atoms with Crippen molar-refractivity contribution in [2.45, 2.75) is 12.0 Å². The van der Waals surface area contributed by atoms with Gasteiger partial charge in [0.25, 0.3) is 5.91 Å². The van der Waals surface area contributed by atoms with Crippen LogP contribution in [0.1, 0.15) is 33.6 Å². The highest BCUT2D eigenvalue weighted by Gasteiger charge is 2.39. The molecule has 0 radical (unpaired) electrons. The Morgan fingerprint density at radius 2 is 1.74 bits per heavy atom. The maximum atomic E-state index is 13.5. The van der Waals surface area contributed by atoms with Crippen molar-refractivity contribution < 1.29 is 14.6 Å². The Balaban J connectivity index is 1.75. The zero-order valence-electron chi connectivity index (χ0n) is 19.3. The number of amides is 1. The largest absolute Gasteiger partial charge is 0.503 e. The third kappa shape index (κ3) is 4.13. The van der Waals surface area contributed by atoms with E-state index in [1.165, 1.54) is 6.20 Å². The van der Waals surface area contributed by atoms with Crippen LogP contribution in [0.5, 0.6) is 5.75 Å². The van der Waals surface area contributed by atoms with E-state index in [-0.39, 0.29) is 23.2 Å². The van der Waals surface area contributed by atoms with Gasteiger partial charge in [-0.25, -0.2) is 0 Å². The van der Waals surface area contributed by atoms with Gasteiger partial charge in [0.1, 0.15) is 0 Å². The zero-order chi connectivity index (χ0) is 24.4. The molecule has 8 heteroatoms. The van der Waals surface area contributed by atoms with E-state index in [0.717, 1.165) is 11.1 Å². The Hall–Kier alpha value is -4.17. The van der Waals surface area contributed by atoms with Gasteiger partial charge >= 0.3 is 0 Å². The number of benzene rings is 2. The number of H-pyrrole nitrogens is 1. The fourth-order valence-corrected chi connectivity index (χ4v) is 4.86. The van der Waals surface area contributed by atoms with Crippen molar-refractivity contribution in [1.29, 1.82) is 0 Å². The molecule has 1 aliphatic heterocycles. The molecule has 0 unspecified atom stereocenters. The molecule has 0 saturated heterocycles. The van der Waals surface area contributed by atoms with Crippen LogP contribution in [0.15, 0.2) is 84.0 Å². The molecule has 35 heavy (non-hydrogen) atoms. The standard InChI is InChI=1S/C27H26N4O4/c1-35-13-12-30-17-22(23(18-8-4-2-5-9-18)19-10-6-3-7-11-19)31-16-21(20-14-28-29-15-20)25(32)26(33)24(31)27(30)34/h2-11,14-16,22-23,33H,12-13,17H2,1H3,(H,28,29)/t22-/m1/s1. The summed E-state index contributed by atoms with van der Waals surface area (Å²) in [5.74, 6) is -1.10.